The molecule has 1 fully saturated rings. The Balaban J connectivity index is 1.57. The van der Waals surface area contributed by atoms with Crippen molar-refractivity contribution in [1.29, 1.82) is 0 Å². The third-order valence-electron chi connectivity index (χ3n) is 5.09. The van der Waals surface area contributed by atoms with Gasteiger partial charge in [-0.15, -0.1) is 0 Å². The van der Waals surface area contributed by atoms with Crippen LogP contribution in [0.4, 0.5) is 5.69 Å². The van der Waals surface area contributed by atoms with Gasteiger partial charge in [-0.3, -0.25) is 9.59 Å². The molecule has 0 spiro atoms. The lowest BCUT2D eigenvalue weighted by atomic mass is 9.94. The Morgan fingerprint density at radius 1 is 1.27 bits per heavy atom. The molecule has 6 nitrogen and oxygen atoms in total. The van der Waals surface area contributed by atoms with Crippen LogP contribution in [0.5, 0.6) is 0 Å². The first-order chi connectivity index (χ1) is 12.6. The summed E-state index contributed by atoms with van der Waals surface area (Å²) >= 11 is 0. The number of benzene rings is 1. The molecule has 1 aromatic heterocycles. The van der Waals surface area contributed by atoms with Crippen LogP contribution in [0.3, 0.4) is 0 Å². The highest BCUT2D eigenvalue weighted by molar-refractivity contribution is 5.83. The normalized spacial score (nSPS) is 16.3. The van der Waals surface area contributed by atoms with Crippen molar-refractivity contribution >= 4 is 11.6 Å². The van der Waals surface area contributed by atoms with Crippen LogP contribution in [0, 0.1) is 0 Å². The van der Waals surface area contributed by atoms with E-state index >= 15 is 0 Å². The second kappa shape index (κ2) is 8.17. The Morgan fingerprint density at radius 2 is 1.96 bits per heavy atom. The van der Waals surface area contributed by atoms with Gasteiger partial charge >= 0.3 is 0 Å². The second-order valence-corrected chi connectivity index (χ2v) is 6.82. The average molecular weight is 354 g/mol. The average Bonchev–Trinajstić information content (AvgIpc) is 2.66. The molecule has 0 saturated carbocycles. The lowest BCUT2D eigenvalue weighted by Crippen LogP contribution is -2.46. The molecule has 1 aromatic carbocycles. The van der Waals surface area contributed by atoms with E-state index < -0.39 is 0 Å². The Kier molecular flexibility index (Phi) is 5.71. The molecular weight excluding hydrogens is 328 g/mol. The van der Waals surface area contributed by atoms with Crippen LogP contribution >= 0.6 is 0 Å². The maximum Gasteiger partial charge on any atom is 0.268 e. The first kappa shape index (κ1) is 18.2. The van der Waals surface area contributed by atoms with Crippen molar-refractivity contribution in [3.8, 4) is 0 Å². The van der Waals surface area contributed by atoms with E-state index in [0.29, 0.717) is 0 Å². The van der Waals surface area contributed by atoms with Crippen LogP contribution in [0.15, 0.2) is 47.4 Å². The van der Waals surface area contributed by atoms with Gasteiger partial charge in [0.25, 0.3) is 5.56 Å². The summed E-state index contributed by atoms with van der Waals surface area (Å²) in [4.78, 5) is 26.6. The molecule has 1 atom stereocenters. The van der Waals surface area contributed by atoms with E-state index in [0.717, 1.165) is 43.6 Å². The Hall–Kier alpha value is -2.63. The Bertz CT molecular complexity index is 795. The minimum absolute atomic E-state index is 0.101. The molecule has 0 radical (unpaired) electrons. The third-order valence-corrected chi connectivity index (χ3v) is 5.09. The van der Waals surface area contributed by atoms with Gasteiger partial charge in [-0.05, 0) is 24.8 Å². The smallest absolute Gasteiger partial charge is 0.268 e. The van der Waals surface area contributed by atoms with Crippen LogP contribution in [0.1, 0.15) is 37.7 Å². The summed E-state index contributed by atoms with van der Waals surface area (Å²) in [5, 5.41) is 7.30. The zero-order valence-corrected chi connectivity index (χ0v) is 15.4. The van der Waals surface area contributed by atoms with Gasteiger partial charge in [0, 0.05) is 32.2 Å². The minimum Gasteiger partial charge on any atom is -0.370 e. The molecule has 1 amide bonds. The number of anilines is 1. The zero-order valence-electron chi connectivity index (χ0n) is 15.4. The van der Waals surface area contributed by atoms with Crippen LogP contribution in [-0.2, 0) is 11.8 Å². The molecule has 1 unspecified atom stereocenters. The quantitative estimate of drug-likeness (QED) is 0.892. The number of aryl methyl sites for hydroxylation is 1. The summed E-state index contributed by atoms with van der Waals surface area (Å²) in [6.45, 7) is 3.66. The monoisotopic (exact) mass is 354 g/mol. The van der Waals surface area contributed by atoms with Crippen molar-refractivity contribution < 1.29 is 4.79 Å². The molecule has 6 heteroatoms. The van der Waals surface area contributed by atoms with E-state index in [1.54, 1.807) is 19.3 Å². The zero-order chi connectivity index (χ0) is 18.5. The van der Waals surface area contributed by atoms with Gasteiger partial charge < -0.3 is 10.2 Å². The number of hydrogen-bond donors (Lipinski definition) is 1. The van der Waals surface area contributed by atoms with Crippen molar-refractivity contribution in [3.05, 3.63) is 58.5 Å². The molecule has 1 aliphatic heterocycles. The van der Waals surface area contributed by atoms with E-state index in [9.17, 15) is 9.59 Å². The Labute approximate surface area is 153 Å². The standard InChI is InChI=1S/C20H26N4O2/c1-3-18(15-7-5-4-6-8-15)20(26)22-16-9-11-24(12-10-16)17-13-19(25)23(2)21-14-17/h4-8,13-14,16,18H,3,9-12H2,1-2H3,(H,22,26). The van der Waals surface area contributed by atoms with Crippen LogP contribution in [0.25, 0.3) is 0 Å². The topological polar surface area (TPSA) is 67.2 Å². The predicted octanol–water partition coefficient (Wildman–Crippen LogP) is 2.06. The molecule has 1 aliphatic rings. The predicted molar refractivity (Wildman–Crippen MR) is 102 cm³/mol. The van der Waals surface area contributed by atoms with Gasteiger partial charge in [-0.1, -0.05) is 37.3 Å². The SMILES string of the molecule is CCC(C(=O)NC1CCN(c2cnn(C)c(=O)c2)CC1)c1ccccc1. The number of rotatable bonds is 5. The number of aromatic nitrogens is 2. The minimum atomic E-state index is -0.105. The van der Waals surface area contributed by atoms with Gasteiger partial charge in [0.15, 0.2) is 0 Å². The van der Waals surface area contributed by atoms with Crippen molar-refractivity contribution in [1.82, 2.24) is 15.1 Å². The maximum atomic E-state index is 12.7. The largest absolute Gasteiger partial charge is 0.370 e. The van der Waals surface area contributed by atoms with Gasteiger partial charge in [-0.2, -0.15) is 5.10 Å². The van der Waals surface area contributed by atoms with Crippen LogP contribution in [-0.4, -0.2) is 34.8 Å². The molecule has 0 aliphatic carbocycles. The number of hydrogen-bond acceptors (Lipinski definition) is 4. The van der Waals surface area contributed by atoms with Gasteiger partial charge in [0.1, 0.15) is 0 Å². The molecule has 26 heavy (non-hydrogen) atoms. The lowest BCUT2D eigenvalue weighted by molar-refractivity contribution is -0.123. The summed E-state index contributed by atoms with van der Waals surface area (Å²) in [7, 11) is 1.64. The van der Waals surface area contributed by atoms with Gasteiger partial charge in [-0.25, -0.2) is 4.68 Å². The van der Waals surface area contributed by atoms with Crippen molar-refractivity contribution in [2.24, 2.45) is 7.05 Å². The van der Waals surface area contributed by atoms with Crippen molar-refractivity contribution in [2.45, 2.75) is 38.1 Å². The second-order valence-electron chi connectivity index (χ2n) is 6.82. The lowest BCUT2D eigenvalue weighted by Gasteiger charge is -2.34. The van der Waals surface area contributed by atoms with E-state index in [-0.39, 0.29) is 23.4 Å². The molecular formula is C20H26N4O2. The van der Waals surface area contributed by atoms with Gasteiger partial charge in [0.2, 0.25) is 5.91 Å². The van der Waals surface area contributed by atoms with Crippen LogP contribution in [0.2, 0.25) is 0 Å². The van der Waals surface area contributed by atoms with E-state index in [1.165, 1.54) is 4.68 Å². The molecule has 2 heterocycles. The molecule has 1 saturated heterocycles. The molecule has 138 valence electrons. The summed E-state index contributed by atoms with van der Waals surface area (Å²) in [6, 6.07) is 11.7. The van der Waals surface area contributed by atoms with Gasteiger partial charge in [0.05, 0.1) is 17.8 Å². The number of carbonyl (C=O) groups is 1. The van der Waals surface area contributed by atoms with Crippen LogP contribution < -0.4 is 15.8 Å². The van der Waals surface area contributed by atoms with Crippen molar-refractivity contribution in [3.63, 3.8) is 0 Å². The first-order valence-electron chi connectivity index (χ1n) is 9.22. The summed E-state index contributed by atoms with van der Waals surface area (Å²) in [5.41, 5.74) is 1.82. The first-order valence-corrected chi connectivity index (χ1v) is 9.22. The third kappa shape index (κ3) is 4.12. The van der Waals surface area contributed by atoms with E-state index in [1.807, 2.05) is 37.3 Å². The highest BCUT2D eigenvalue weighted by atomic mass is 16.2. The highest BCUT2D eigenvalue weighted by Crippen LogP contribution is 2.22. The number of nitrogens with one attached hydrogen (secondary N) is 1. The maximum absolute atomic E-state index is 12.7. The molecule has 0 bridgehead atoms. The number of nitrogens with zero attached hydrogens (tertiary/aromatic N) is 3. The number of piperidine rings is 1. The molecule has 2 aromatic rings. The van der Waals surface area contributed by atoms with E-state index in [4.69, 9.17) is 0 Å². The fourth-order valence-corrected chi connectivity index (χ4v) is 3.47. The molecule has 1 N–H and O–H groups in total. The van der Waals surface area contributed by atoms with E-state index in [2.05, 4.69) is 15.3 Å². The fourth-order valence-electron chi connectivity index (χ4n) is 3.47. The summed E-state index contributed by atoms with van der Waals surface area (Å²) in [6.07, 6.45) is 4.24. The highest BCUT2D eigenvalue weighted by Gasteiger charge is 2.25. The fraction of sp³-hybridized carbons (Fsp3) is 0.450. The van der Waals surface area contributed by atoms with Crippen molar-refractivity contribution in [2.75, 3.05) is 18.0 Å². The number of amides is 1. The molecule has 3 rings (SSSR count). The number of carbonyl (C=O) groups excluding carboxylic acids is 1. The Morgan fingerprint density at radius 3 is 2.58 bits per heavy atom. The summed E-state index contributed by atoms with van der Waals surface area (Å²) < 4.78 is 1.32. The summed E-state index contributed by atoms with van der Waals surface area (Å²) in [5.74, 6) is 0.00275.